The minimum atomic E-state index is 0.0780. The van der Waals surface area contributed by atoms with Crippen molar-refractivity contribution in [3.05, 3.63) is 59.7 Å². The van der Waals surface area contributed by atoms with Gasteiger partial charge in [-0.1, -0.05) is 24.3 Å². The van der Waals surface area contributed by atoms with E-state index in [0.29, 0.717) is 0 Å². The molecule has 3 nitrogen and oxygen atoms in total. The highest BCUT2D eigenvalue weighted by Gasteiger charge is 2.07. The Morgan fingerprint density at radius 3 is 1.70 bits per heavy atom. The van der Waals surface area contributed by atoms with E-state index in [1.54, 1.807) is 14.2 Å². The maximum Gasteiger partial charge on any atom is 0.119 e. The van der Waals surface area contributed by atoms with Crippen LogP contribution in [0.2, 0.25) is 0 Å². The molecule has 20 heavy (non-hydrogen) atoms. The number of nitrogens with two attached hydrogens (primary N) is 1. The zero-order chi connectivity index (χ0) is 14.4. The molecule has 0 unspecified atom stereocenters. The molecule has 0 atom stereocenters. The highest BCUT2D eigenvalue weighted by molar-refractivity contribution is 5.31. The van der Waals surface area contributed by atoms with Gasteiger partial charge in [0.05, 0.1) is 14.2 Å². The van der Waals surface area contributed by atoms with Crippen LogP contribution in [0.5, 0.6) is 11.5 Å². The first-order valence-corrected chi connectivity index (χ1v) is 6.72. The van der Waals surface area contributed by atoms with Gasteiger partial charge in [-0.25, -0.2) is 0 Å². The van der Waals surface area contributed by atoms with Crippen LogP contribution in [0, 0.1) is 0 Å². The van der Waals surface area contributed by atoms with Crippen LogP contribution in [0.1, 0.15) is 11.1 Å². The number of hydrogen-bond donors (Lipinski definition) is 1. The van der Waals surface area contributed by atoms with Crippen molar-refractivity contribution in [2.75, 3.05) is 14.2 Å². The molecule has 0 aliphatic carbocycles. The van der Waals surface area contributed by atoms with Crippen molar-refractivity contribution in [1.29, 1.82) is 0 Å². The molecule has 0 fully saturated rings. The Morgan fingerprint density at radius 2 is 1.30 bits per heavy atom. The summed E-state index contributed by atoms with van der Waals surface area (Å²) >= 11 is 0. The predicted octanol–water partition coefficient (Wildman–Crippen LogP) is 2.82. The summed E-state index contributed by atoms with van der Waals surface area (Å²) in [6.45, 7) is 0. The first kappa shape index (κ1) is 14.4. The second-order valence-electron chi connectivity index (χ2n) is 4.87. The maximum atomic E-state index is 6.24. The van der Waals surface area contributed by atoms with Crippen LogP contribution in [0.25, 0.3) is 0 Å². The number of ether oxygens (including phenoxy) is 2. The van der Waals surface area contributed by atoms with E-state index in [1.165, 1.54) is 11.1 Å². The standard InChI is InChI=1S/C17H21NO2/c1-19-16-7-3-5-13(11-16)9-15(18)10-14-6-4-8-17(12-14)20-2/h3-8,11-12,15H,9-10,18H2,1-2H3. The van der Waals surface area contributed by atoms with E-state index >= 15 is 0 Å². The van der Waals surface area contributed by atoms with E-state index in [2.05, 4.69) is 12.1 Å². The quantitative estimate of drug-likeness (QED) is 0.878. The highest BCUT2D eigenvalue weighted by atomic mass is 16.5. The normalized spacial score (nSPS) is 10.6. The minimum Gasteiger partial charge on any atom is -0.497 e. The lowest BCUT2D eigenvalue weighted by Gasteiger charge is -2.13. The lowest BCUT2D eigenvalue weighted by Crippen LogP contribution is -2.25. The SMILES string of the molecule is COc1cccc(CC(N)Cc2cccc(OC)c2)c1. The third-order valence-corrected chi connectivity index (χ3v) is 3.26. The lowest BCUT2D eigenvalue weighted by molar-refractivity contribution is 0.413. The van der Waals surface area contributed by atoms with Gasteiger partial charge in [-0.15, -0.1) is 0 Å². The molecule has 106 valence electrons. The van der Waals surface area contributed by atoms with Crippen molar-refractivity contribution in [2.24, 2.45) is 5.73 Å². The Labute approximate surface area is 120 Å². The molecular weight excluding hydrogens is 250 g/mol. The Morgan fingerprint density at radius 1 is 0.850 bits per heavy atom. The van der Waals surface area contributed by atoms with Crippen molar-refractivity contribution in [3.63, 3.8) is 0 Å². The summed E-state index contributed by atoms with van der Waals surface area (Å²) < 4.78 is 10.5. The molecule has 2 N–H and O–H groups in total. The van der Waals surface area contributed by atoms with Crippen LogP contribution >= 0.6 is 0 Å². The molecule has 0 aliphatic heterocycles. The van der Waals surface area contributed by atoms with E-state index < -0.39 is 0 Å². The van der Waals surface area contributed by atoms with Crippen LogP contribution in [0.15, 0.2) is 48.5 Å². The predicted molar refractivity (Wildman–Crippen MR) is 81.4 cm³/mol. The molecule has 2 rings (SSSR count). The Hall–Kier alpha value is -2.00. The fraction of sp³-hybridized carbons (Fsp3) is 0.294. The van der Waals surface area contributed by atoms with Crippen molar-refractivity contribution < 1.29 is 9.47 Å². The molecule has 2 aromatic carbocycles. The Kier molecular flexibility index (Phi) is 5.02. The van der Waals surface area contributed by atoms with Gasteiger partial charge in [0.1, 0.15) is 11.5 Å². The summed E-state index contributed by atoms with van der Waals surface area (Å²) in [7, 11) is 3.35. The molecule has 0 saturated heterocycles. The molecule has 0 bridgehead atoms. The molecule has 2 aromatic rings. The number of methoxy groups -OCH3 is 2. The molecule has 0 amide bonds. The number of benzene rings is 2. The average Bonchev–Trinajstić information content (AvgIpc) is 2.47. The summed E-state index contributed by atoms with van der Waals surface area (Å²) in [4.78, 5) is 0. The van der Waals surface area contributed by atoms with E-state index in [1.807, 2.05) is 36.4 Å². The van der Waals surface area contributed by atoms with Crippen LogP contribution < -0.4 is 15.2 Å². The van der Waals surface area contributed by atoms with Crippen LogP contribution in [0.3, 0.4) is 0 Å². The molecular formula is C17H21NO2. The molecule has 0 saturated carbocycles. The second-order valence-corrected chi connectivity index (χ2v) is 4.87. The lowest BCUT2D eigenvalue weighted by atomic mass is 9.99. The van der Waals surface area contributed by atoms with Crippen LogP contribution in [0.4, 0.5) is 0 Å². The van der Waals surface area contributed by atoms with E-state index in [-0.39, 0.29) is 6.04 Å². The third kappa shape index (κ3) is 4.00. The van der Waals surface area contributed by atoms with Crippen molar-refractivity contribution >= 4 is 0 Å². The van der Waals surface area contributed by atoms with Gasteiger partial charge < -0.3 is 15.2 Å². The van der Waals surface area contributed by atoms with Gasteiger partial charge in [0.2, 0.25) is 0 Å². The maximum absolute atomic E-state index is 6.24. The van der Waals surface area contributed by atoms with Crippen LogP contribution in [-0.2, 0) is 12.8 Å². The fourth-order valence-corrected chi connectivity index (χ4v) is 2.28. The van der Waals surface area contributed by atoms with Gasteiger partial charge in [-0.3, -0.25) is 0 Å². The van der Waals surface area contributed by atoms with Gasteiger partial charge >= 0.3 is 0 Å². The second kappa shape index (κ2) is 6.96. The fourth-order valence-electron chi connectivity index (χ4n) is 2.28. The Bertz CT molecular complexity index is 505. The molecule has 0 radical (unpaired) electrons. The van der Waals surface area contributed by atoms with Gasteiger partial charge in [0.25, 0.3) is 0 Å². The molecule has 0 heterocycles. The van der Waals surface area contributed by atoms with Crippen molar-refractivity contribution in [2.45, 2.75) is 18.9 Å². The molecule has 0 aromatic heterocycles. The van der Waals surface area contributed by atoms with Gasteiger partial charge in [-0.05, 0) is 48.2 Å². The number of rotatable bonds is 6. The molecule has 0 spiro atoms. The first-order valence-electron chi connectivity index (χ1n) is 6.72. The number of hydrogen-bond acceptors (Lipinski definition) is 3. The topological polar surface area (TPSA) is 44.5 Å². The first-order chi connectivity index (χ1) is 9.71. The molecule has 3 heteroatoms. The minimum absolute atomic E-state index is 0.0780. The largest absolute Gasteiger partial charge is 0.497 e. The van der Waals surface area contributed by atoms with E-state index in [9.17, 15) is 0 Å². The van der Waals surface area contributed by atoms with Crippen molar-refractivity contribution in [3.8, 4) is 11.5 Å². The summed E-state index contributed by atoms with van der Waals surface area (Å²) in [5.74, 6) is 1.74. The zero-order valence-corrected chi connectivity index (χ0v) is 12.0. The van der Waals surface area contributed by atoms with Crippen molar-refractivity contribution in [1.82, 2.24) is 0 Å². The molecule has 0 aliphatic rings. The van der Waals surface area contributed by atoms with Gasteiger partial charge in [0.15, 0.2) is 0 Å². The van der Waals surface area contributed by atoms with Gasteiger partial charge in [-0.2, -0.15) is 0 Å². The third-order valence-electron chi connectivity index (χ3n) is 3.26. The van der Waals surface area contributed by atoms with Crippen LogP contribution in [-0.4, -0.2) is 20.3 Å². The summed E-state index contributed by atoms with van der Waals surface area (Å²) in [6.07, 6.45) is 1.66. The monoisotopic (exact) mass is 271 g/mol. The Balaban J connectivity index is 1.99. The zero-order valence-electron chi connectivity index (χ0n) is 12.0. The summed E-state index contributed by atoms with van der Waals surface area (Å²) in [6, 6.07) is 16.2. The average molecular weight is 271 g/mol. The summed E-state index contributed by atoms with van der Waals surface area (Å²) in [5.41, 5.74) is 8.63. The van der Waals surface area contributed by atoms with Gasteiger partial charge in [0, 0.05) is 6.04 Å². The summed E-state index contributed by atoms with van der Waals surface area (Å²) in [5, 5.41) is 0. The smallest absolute Gasteiger partial charge is 0.119 e. The highest BCUT2D eigenvalue weighted by Crippen LogP contribution is 2.17. The van der Waals surface area contributed by atoms with E-state index in [4.69, 9.17) is 15.2 Å². The van der Waals surface area contributed by atoms with E-state index in [0.717, 1.165) is 24.3 Å².